The summed E-state index contributed by atoms with van der Waals surface area (Å²) in [5.41, 5.74) is 7.98. The lowest BCUT2D eigenvalue weighted by molar-refractivity contribution is -0.596. The van der Waals surface area contributed by atoms with Crippen molar-refractivity contribution in [2.45, 2.75) is 52.4 Å². The first kappa shape index (κ1) is 22.1. The standard InChI is InChI=1S/C30H35N2/c1-29(2,3)25-11-7-9-13-27(25)31-19-15-23(16-20-31)24-17-21-32(22-18-24)28-14-10-8-12-26(28)30(4,5)6/h7-21H,22H2,1-6H3/q+1. The van der Waals surface area contributed by atoms with Crippen LogP contribution >= 0.6 is 0 Å². The molecule has 0 saturated carbocycles. The van der Waals surface area contributed by atoms with E-state index >= 15 is 0 Å². The summed E-state index contributed by atoms with van der Waals surface area (Å²) in [4.78, 5) is 2.34. The third kappa shape index (κ3) is 4.55. The van der Waals surface area contributed by atoms with Crippen LogP contribution in [0.4, 0.5) is 5.69 Å². The van der Waals surface area contributed by atoms with Crippen molar-refractivity contribution in [1.29, 1.82) is 0 Å². The smallest absolute Gasteiger partial charge is 0.214 e. The number of benzene rings is 2. The summed E-state index contributed by atoms with van der Waals surface area (Å²) < 4.78 is 2.23. The van der Waals surface area contributed by atoms with Crippen LogP contribution in [0.3, 0.4) is 0 Å². The van der Waals surface area contributed by atoms with Gasteiger partial charge in [-0.15, -0.1) is 0 Å². The second-order valence-electron chi connectivity index (χ2n) is 10.7. The molecule has 2 aromatic carbocycles. The van der Waals surface area contributed by atoms with Gasteiger partial charge in [0.1, 0.15) is 0 Å². The number of para-hydroxylation sites is 2. The minimum absolute atomic E-state index is 0.101. The van der Waals surface area contributed by atoms with Gasteiger partial charge in [0, 0.05) is 42.2 Å². The number of allylic oxidation sites excluding steroid dienone is 2. The zero-order chi connectivity index (χ0) is 22.9. The first-order valence-electron chi connectivity index (χ1n) is 11.5. The van der Waals surface area contributed by atoms with Crippen LogP contribution in [0.5, 0.6) is 0 Å². The Morgan fingerprint density at radius 2 is 1.31 bits per heavy atom. The van der Waals surface area contributed by atoms with Gasteiger partial charge in [0.15, 0.2) is 12.4 Å². The van der Waals surface area contributed by atoms with Crippen molar-refractivity contribution in [3.8, 4) is 5.69 Å². The number of pyridine rings is 1. The van der Waals surface area contributed by atoms with Crippen molar-refractivity contribution in [2.24, 2.45) is 0 Å². The monoisotopic (exact) mass is 423 g/mol. The molecule has 0 fully saturated rings. The van der Waals surface area contributed by atoms with Crippen LogP contribution in [0.1, 0.15) is 58.2 Å². The Morgan fingerprint density at radius 3 is 1.91 bits per heavy atom. The fraction of sp³-hybridized carbons (Fsp3) is 0.300. The average Bonchev–Trinajstić information content (AvgIpc) is 2.78. The Labute approximate surface area is 193 Å². The summed E-state index contributed by atoms with van der Waals surface area (Å²) in [7, 11) is 0. The molecule has 0 bridgehead atoms. The Balaban J connectivity index is 1.56. The minimum Gasteiger partial charge on any atom is -0.344 e. The second kappa shape index (κ2) is 8.43. The van der Waals surface area contributed by atoms with E-state index in [4.69, 9.17) is 0 Å². The topological polar surface area (TPSA) is 7.12 Å². The summed E-state index contributed by atoms with van der Waals surface area (Å²) in [5, 5.41) is 0. The first-order valence-corrected chi connectivity index (χ1v) is 11.5. The summed E-state index contributed by atoms with van der Waals surface area (Å²) in [6, 6.07) is 21.8. The molecule has 1 aromatic heterocycles. The maximum absolute atomic E-state index is 2.34. The van der Waals surface area contributed by atoms with Crippen molar-refractivity contribution in [3.63, 3.8) is 0 Å². The van der Waals surface area contributed by atoms with Gasteiger partial charge in [-0.3, -0.25) is 0 Å². The number of hydrogen-bond acceptors (Lipinski definition) is 1. The van der Waals surface area contributed by atoms with Crippen molar-refractivity contribution in [1.82, 2.24) is 0 Å². The Hall–Kier alpha value is -3.13. The van der Waals surface area contributed by atoms with E-state index in [1.54, 1.807) is 0 Å². The molecule has 1 aliphatic rings. The van der Waals surface area contributed by atoms with E-state index in [1.165, 1.54) is 33.6 Å². The zero-order valence-electron chi connectivity index (χ0n) is 20.3. The molecule has 0 aliphatic carbocycles. The fourth-order valence-corrected chi connectivity index (χ4v) is 4.36. The minimum atomic E-state index is 0.101. The Bertz CT molecular complexity index is 1150. The largest absolute Gasteiger partial charge is 0.344 e. The molecule has 32 heavy (non-hydrogen) atoms. The highest BCUT2D eigenvalue weighted by Crippen LogP contribution is 2.33. The lowest BCUT2D eigenvalue weighted by Gasteiger charge is -2.30. The van der Waals surface area contributed by atoms with E-state index in [-0.39, 0.29) is 10.8 Å². The van der Waals surface area contributed by atoms with Gasteiger partial charge in [0.05, 0.1) is 0 Å². The highest BCUT2D eigenvalue weighted by atomic mass is 15.1. The maximum Gasteiger partial charge on any atom is 0.214 e. The van der Waals surface area contributed by atoms with Crippen molar-refractivity contribution >= 4 is 11.3 Å². The van der Waals surface area contributed by atoms with E-state index in [0.29, 0.717) is 0 Å². The zero-order valence-corrected chi connectivity index (χ0v) is 20.3. The molecule has 4 rings (SSSR count). The number of hydrogen-bond donors (Lipinski definition) is 0. The molecule has 0 saturated heterocycles. The van der Waals surface area contributed by atoms with Gasteiger partial charge < -0.3 is 4.90 Å². The molecule has 0 radical (unpaired) electrons. The van der Waals surface area contributed by atoms with Gasteiger partial charge in [-0.2, -0.15) is 4.57 Å². The van der Waals surface area contributed by atoms with Crippen molar-refractivity contribution < 1.29 is 4.57 Å². The molecule has 0 amide bonds. The molecule has 0 atom stereocenters. The van der Waals surface area contributed by atoms with Gasteiger partial charge in [0.2, 0.25) is 5.69 Å². The second-order valence-corrected chi connectivity index (χ2v) is 10.7. The third-order valence-electron chi connectivity index (χ3n) is 6.12. The van der Waals surface area contributed by atoms with Crippen LogP contribution in [0.2, 0.25) is 0 Å². The maximum atomic E-state index is 2.34. The molecule has 2 heterocycles. The number of aromatic nitrogens is 1. The molecule has 164 valence electrons. The molecule has 0 spiro atoms. The molecule has 3 aromatic rings. The van der Waals surface area contributed by atoms with Crippen molar-refractivity contribution in [3.05, 3.63) is 108 Å². The first-order chi connectivity index (χ1) is 15.1. The van der Waals surface area contributed by atoms with Crippen LogP contribution in [0, 0.1) is 0 Å². The van der Waals surface area contributed by atoms with Gasteiger partial charge in [-0.1, -0.05) is 84.0 Å². The van der Waals surface area contributed by atoms with E-state index in [9.17, 15) is 0 Å². The Kier molecular flexibility index (Phi) is 5.81. The normalized spacial score (nSPS) is 14.4. The van der Waals surface area contributed by atoms with Crippen LogP contribution in [0.25, 0.3) is 11.3 Å². The van der Waals surface area contributed by atoms with E-state index in [2.05, 4.69) is 142 Å². The lowest BCUT2D eigenvalue weighted by atomic mass is 9.85. The molecule has 2 heteroatoms. The molecular weight excluding hydrogens is 388 g/mol. The quantitative estimate of drug-likeness (QED) is 0.412. The molecule has 2 nitrogen and oxygen atoms in total. The summed E-state index contributed by atoms with van der Waals surface area (Å²) >= 11 is 0. The summed E-state index contributed by atoms with van der Waals surface area (Å²) in [6.45, 7) is 14.5. The van der Waals surface area contributed by atoms with E-state index in [0.717, 1.165) is 6.54 Å². The van der Waals surface area contributed by atoms with Gasteiger partial charge in [-0.25, -0.2) is 0 Å². The predicted octanol–water partition coefficient (Wildman–Crippen LogP) is 6.98. The lowest BCUT2D eigenvalue weighted by Crippen LogP contribution is -2.33. The molecule has 0 N–H and O–H groups in total. The highest BCUT2D eigenvalue weighted by molar-refractivity contribution is 5.77. The van der Waals surface area contributed by atoms with E-state index in [1.807, 2.05) is 0 Å². The highest BCUT2D eigenvalue weighted by Gasteiger charge is 2.23. The third-order valence-corrected chi connectivity index (χ3v) is 6.12. The summed E-state index contributed by atoms with van der Waals surface area (Å²) in [5.74, 6) is 0. The number of anilines is 1. The molecule has 1 aliphatic heterocycles. The molecule has 0 unspecified atom stereocenters. The number of nitrogens with zero attached hydrogens (tertiary/aromatic N) is 2. The van der Waals surface area contributed by atoms with Gasteiger partial charge in [0.25, 0.3) is 0 Å². The van der Waals surface area contributed by atoms with Gasteiger partial charge in [-0.05, 0) is 39.7 Å². The average molecular weight is 424 g/mol. The Morgan fingerprint density at radius 1 is 0.719 bits per heavy atom. The van der Waals surface area contributed by atoms with Crippen LogP contribution in [-0.2, 0) is 10.8 Å². The predicted molar refractivity (Wildman–Crippen MR) is 136 cm³/mol. The van der Waals surface area contributed by atoms with Crippen LogP contribution < -0.4 is 9.47 Å². The fourth-order valence-electron chi connectivity index (χ4n) is 4.36. The number of rotatable bonds is 3. The van der Waals surface area contributed by atoms with E-state index < -0.39 is 0 Å². The SMILES string of the molecule is CC(C)(C)c1ccccc1N1C=CC(c2cc[n+](-c3ccccc3C(C)(C)C)cc2)=CC1. The summed E-state index contributed by atoms with van der Waals surface area (Å²) in [6.07, 6.45) is 11.1. The van der Waals surface area contributed by atoms with Gasteiger partial charge >= 0.3 is 0 Å². The van der Waals surface area contributed by atoms with Crippen LogP contribution in [-0.4, -0.2) is 6.54 Å². The molecular formula is C30H35N2+. The van der Waals surface area contributed by atoms with Crippen molar-refractivity contribution in [2.75, 3.05) is 11.4 Å². The van der Waals surface area contributed by atoms with Crippen LogP contribution in [0.15, 0.2) is 91.4 Å².